The van der Waals surface area contributed by atoms with Crippen molar-refractivity contribution in [2.24, 2.45) is 0 Å². The summed E-state index contributed by atoms with van der Waals surface area (Å²) in [6, 6.07) is 10.8. The van der Waals surface area contributed by atoms with E-state index in [0.717, 1.165) is 6.42 Å². The highest BCUT2D eigenvalue weighted by molar-refractivity contribution is 5.78. The average Bonchev–Trinajstić information content (AvgIpc) is 3.14. The predicted octanol–water partition coefficient (Wildman–Crippen LogP) is 0.881. The van der Waals surface area contributed by atoms with Crippen molar-refractivity contribution < 1.29 is 4.79 Å². The van der Waals surface area contributed by atoms with Crippen LogP contribution < -0.4 is 10.6 Å². The maximum Gasteiger partial charge on any atom is 0.234 e. The Morgan fingerprint density at radius 3 is 2.88 bits per heavy atom. The van der Waals surface area contributed by atoms with Crippen LogP contribution >= 0.6 is 0 Å². The number of carbonyl (C=O) groups excluding carboxylic acids is 1. The fourth-order valence-corrected chi connectivity index (χ4v) is 1.93. The fourth-order valence-electron chi connectivity index (χ4n) is 1.93. The molecule has 2 rings (SSSR count). The number of hydrogen-bond donors (Lipinski definition) is 2. The van der Waals surface area contributed by atoms with Gasteiger partial charge in [-0.2, -0.15) is 0 Å². The van der Waals surface area contributed by atoms with Crippen LogP contribution in [0.5, 0.6) is 0 Å². The summed E-state index contributed by atoms with van der Waals surface area (Å²) in [6.45, 7) is 0.642. The molecule has 2 atom stereocenters. The van der Waals surface area contributed by atoms with Crippen LogP contribution in [0.15, 0.2) is 30.3 Å². The molecule has 0 unspecified atom stereocenters. The van der Waals surface area contributed by atoms with E-state index in [0.29, 0.717) is 25.0 Å². The molecule has 1 aliphatic rings. The molecule has 1 aromatic carbocycles. The predicted molar refractivity (Wildman–Crippen MR) is 67.4 cm³/mol. The number of carbonyl (C=O) groups is 1. The van der Waals surface area contributed by atoms with Gasteiger partial charge in [-0.1, -0.05) is 36.3 Å². The molecule has 0 aromatic heterocycles. The van der Waals surface area contributed by atoms with Crippen molar-refractivity contribution >= 4 is 5.91 Å². The Morgan fingerprint density at radius 2 is 2.18 bits per heavy atom. The van der Waals surface area contributed by atoms with Gasteiger partial charge in [-0.25, -0.2) is 0 Å². The Kier molecular flexibility index (Phi) is 3.79. The number of terminal acetylenes is 1. The van der Waals surface area contributed by atoms with Gasteiger partial charge >= 0.3 is 0 Å². The lowest BCUT2D eigenvalue weighted by molar-refractivity contribution is -0.120. The highest BCUT2D eigenvalue weighted by Gasteiger charge is 2.37. The molecule has 0 aliphatic heterocycles. The van der Waals surface area contributed by atoms with E-state index >= 15 is 0 Å². The molecule has 2 N–H and O–H groups in total. The molecule has 3 nitrogen and oxygen atoms in total. The molecule has 1 aliphatic carbocycles. The van der Waals surface area contributed by atoms with Gasteiger partial charge in [0.25, 0.3) is 0 Å². The summed E-state index contributed by atoms with van der Waals surface area (Å²) in [5.74, 6) is 2.89. The number of nitrogens with one attached hydrogen (secondary N) is 2. The third kappa shape index (κ3) is 3.33. The minimum atomic E-state index is -0.0401. The first-order valence-electron chi connectivity index (χ1n) is 5.79. The van der Waals surface area contributed by atoms with Crippen molar-refractivity contribution in [3.63, 3.8) is 0 Å². The van der Waals surface area contributed by atoms with E-state index in [-0.39, 0.29) is 5.91 Å². The number of benzene rings is 1. The molecular formula is C14H16N2O. The molecule has 0 heterocycles. The zero-order valence-electron chi connectivity index (χ0n) is 9.65. The summed E-state index contributed by atoms with van der Waals surface area (Å²) in [5, 5.41) is 5.87. The van der Waals surface area contributed by atoms with E-state index in [1.54, 1.807) is 0 Å². The van der Waals surface area contributed by atoms with E-state index in [2.05, 4.69) is 28.7 Å². The minimum absolute atomic E-state index is 0.0401. The average molecular weight is 228 g/mol. The van der Waals surface area contributed by atoms with Crippen molar-refractivity contribution in [2.45, 2.75) is 18.4 Å². The quantitative estimate of drug-likeness (QED) is 0.735. The van der Waals surface area contributed by atoms with Crippen LogP contribution in [0.1, 0.15) is 17.9 Å². The summed E-state index contributed by atoms with van der Waals surface area (Å²) in [7, 11) is 0. The SMILES string of the molecule is C#CCNC(=O)CN[C@H]1C[C@@H]1c1ccccc1. The summed E-state index contributed by atoms with van der Waals surface area (Å²) < 4.78 is 0. The van der Waals surface area contributed by atoms with Gasteiger partial charge in [0.15, 0.2) is 0 Å². The van der Waals surface area contributed by atoms with Crippen LogP contribution in [0.2, 0.25) is 0 Å². The van der Waals surface area contributed by atoms with Gasteiger partial charge in [0.2, 0.25) is 5.91 Å². The van der Waals surface area contributed by atoms with E-state index in [9.17, 15) is 4.79 Å². The summed E-state index contributed by atoms with van der Waals surface area (Å²) in [5.41, 5.74) is 1.34. The van der Waals surface area contributed by atoms with E-state index in [4.69, 9.17) is 6.42 Å². The second kappa shape index (κ2) is 5.51. The molecule has 0 radical (unpaired) electrons. The molecule has 0 spiro atoms. The minimum Gasteiger partial charge on any atom is -0.344 e. The Labute approximate surface area is 102 Å². The van der Waals surface area contributed by atoms with E-state index in [1.165, 1.54) is 5.56 Å². The standard InChI is InChI=1S/C14H16N2O/c1-2-8-15-14(17)10-16-13-9-12(13)11-6-4-3-5-7-11/h1,3-7,12-13,16H,8-10H2,(H,15,17)/t12-,13+/m1/s1. The highest BCUT2D eigenvalue weighted by atomic mass is 16.1. The third-order valence-corrected chi connectivity index (χ3v) is 2.93. The molecule has 3 heteroatoms. The third-order valence-electron chi connectivity index (χ3n) is 2.93. The van der Waals surface area contributed by atoms with Crippen molar-refractivity contribution in [1.29, 1.82) is 0 Å². The first kappa shape index (κ1) is 11.7. The van der Waals surface area contributed by atoms with Gasteiger partial charge < -0.3 is 10.6 Å². The maximum atomic E-state index is 11.3. The second-order valence-electron chi connectivity index (χ2n) is 4.22. The van der Waals surface area contributed by atoms with E-state index < -0.39 is 0 Å². The molecule has 1 saturated carbocycles. The summed E-state index contributed by atoms with van der Waals surface area (Å²) in [6.07, 6.45) is 6.16. The zero-order chi connectivity index (χ0) is 12.1. The van der Waals surface area contributed by atoms with Crippen molar-refractivity contribution in [1.82, 2.24) is 10.6 Å². The van der Waals surface area contributed by atoms with Gasteiger partial charge in [-0.15, -0.1) is 6.42 Å². The van der Waals surface area contributed by atoms with Crippen molar-refractivity contribution in [2.75, 3.05) is 13.1 Å². The van der Waals surface area contributed by atoms with Gasteiger partial charge in [0, 0.05) is 12.0 Å². The summed E-state index contributed by atoms with van der Waals surface area (Å²) in [4.78, 5) is 11.3. The molecule has 1 amide bonds. The van der Waals surface area contributed by atoms with Gasteiger partial charge in [-0.3, -0.25) is 4.79 Å². The molecule has 1 aromatic rings. The molecular weight excluding hydrogens is 212 g/mol. The van der Waals surface area contributed by atoms with Crippen LogP contribution in [0, 0.1) is 12.3 Å². The molecule has 0 saturated heterocycles. The monoisotopic (exact) mass is 228 g/mol. The normalized spacial score (nSPS) is 21.6. The van der Waals surface area contributed by atoms with Crippen LogP contribution in [-0.4, -0.2) is 25.0 Å². The lowest BCUT2D eigenvalue weighted by atomic mass is 10.1. The van der Waals surface area contributed by atoms with Crippen LogP contribution in [0.25, 0.3) is 0 Å². The Morgan fingerprint density at radius 1 is 1.41 bits per heavy atom. The second-order valence-corrected chi connectivity index (χ2v) is 4.22. The van der Waals surface area contributed by atoms with Gasteiger partial charge in [0.1, 0.15) is 0 Å². The van der Waals surface area contributed by atoms with Gasteiger partial charge in [-0.05, 0) is 12.0 Å². The largest absolute Gasteiger partial charge is 0.344 e. The number of hydrogen-bond acceptors (Lipinski definition) is 2. The first-order valence-corrected chi connectivity index (χ1v) is 5.79. The Hall–Kier alpha value is -1.79. The molecule has 88 valence electrons. The van der Waals surface area contributed by atoms with Crippen LogP contribution in [0.4, 0.5) is 0 Å². The van der Waals surface area contributed by atoms with Crippen LogP contribution in [-0.2, 0) is 4.79 Å². The topological polar surface area (TPSA) is 41.1 Å². The Bertz CT molecular complexity index is 422. The number of rotatable bonds is 5. The van der Waals surface area contributed by atoms with Crippen molar-refractivity contribution in [3.05, 3.63) is 35.9 Å². The zero-order valence-corrected chi connectivity index (χ0v) is 9.65. The van der Waals surface area contributed by atoms with E-state index in [1.807, 2.05) is 18.2 Å². The smallest absolute Gasteiger partial charge is 0.234 e. The van der Waals surface area contributed by atoms with Crippen LogP contribution in [0.3, 0.4) is 0 Å². The molecule has 0 bridgehead atoms. The Balaban J connectivity index is 1.71. The van der Waals surface area contributed by atoms with Crippen molar-refractivity contribution in [3.8, 4) is 12.3 Å². The molecule has 1 fully saturated rings. The lowest BCUT2D eigenvalue weighted by Crippen LogP contribution is -2.35. The maximum absolute atomic E-state index is 11.3. The highest BCUT2D eigenvalue weighted by Crippen LogP contribution is 2.40. The van der Waals surface area contributed by atoms with Gasteiger partial charge in [0.05, 0.1) is 13.1 Å². The summed E-state index contributed by atoms with van der Waals surface area (Å²) >= 11 is 0. The fraction of sp³-hybridized carbons (Fsp3) is 0.357. The molecule has 17 heavy (non-hydrogen) atoms. The first-order chi connectivity index (χ1) is 8.31. The lowest BCUT2D eigenvalue weighted by Gasteiger charge is -2.04. The number of amides is 1.